The summed E-state index contributed by atoms with van der Waals surface area (Å²) in [6.07, 6.45) is 2.31. The molecule has 1 spiro atoms. The number of ether oxygens (including phenoxy) is 2. The Hall–Kier alpha value is -3.97. The molecule has 2 fully saturated rings. The van der Waals surface area contributed by atoms with Crippen LogP contribution in [0.2, 0.25) is 0 Å². The molecule has 0 aromatic heterocycles. The number of nitrogens with one attached hydrogen (secondary N) is 2. The number of hydrogen-bond donors (Lipinski definition) is 4. The molecule has 1 aromatic carbocycles. The van der Waals surface area contributed by atoms with Gasteiger partial charge in [0, 0.05) is 58.3 Å². The topological polar surface area (TPSA) is 177 Å². The third-order valence-corrected chi connectivity index (χ3v) is 10.1. The molecule has 4 amide bonds. The van der Waals surface area contributed by atoms with Crippen molar-refractivity contribution in [2.75, 3.05) is 40.3 Å². The van der Waals surface area contributed by atoms with Crippen molar-refractivity contribution in [3.8, 4) is 11.5 Å². The van der Waals surface area contributed by atoms with E-state index in [0.717, 1.165) is 28.7 Å². The van der Waals surface area contributed by atoms with Gasteiger partial charge in [0.15, 0.2) is 23.4 Å². The molecule has 4 aliphatic rings. The Morgan fingerprint density at radius 2 is 2.07 bits per heavy atom. The molecule has 0 radical (unpaired) electrons. The van der Waals surface area contributed by atoms with Gasteiger partial charge in [-0.3, -0.25) is 19.2 Å². The lowest BCUT2D eigenvalue weighted by Crippen LogP contribution is -2.63. The number of likely N-dealkylation sites (tertiary alicyclic amines) is 1. The van der Waals surface area contributed by atoms with Gasteiger partial charge in [0.05, 0.1) is 43.6 Å². The number of aliphatic hydroxyl groups is 1. The number of amides is 4. The lowest BCUT2D eigenvalue weighted by atomic mass is 9.56. The Kier molecular flexibility index (Phi) is 8.23. The number of quaternary nitrogens is 1. The molecule has 1 aromatic rings. The summed E-state index contributed by atoms with van der Waals surface area (Å²) in [4.78, 5) is 63.0. The first-order valence-corrected chi connectivity index (χ1v) is 15.0. The molecule has 2 aliphatic carbocycles. The summed E-state index contributed by atoms with van der Waals surface area (Å²) in [5.41, 5.74) is 4.87. The number of nitrogens with two attached hydrogens (primary N) is 1. The van der Waals surface area contributed by atoms with Crippen molar-refractivity contribution < 1.29 is 43.0 Å². The van der Waals surface area contributed by atoms with E-state index in [4.69, 9.17) is 15.2 Å². The molecule has 1 unspecified atom stereocenters. The van der Waals surface area contributed by atoms with Crippen molar-refractivity contribution in [3.63, 3.8) is 0 Å². The van der Waals surface area contributed by atoms with E-state index < -0.39 is 47.0 Å². The first kappa shape index (κ1) is 31.5. The van der Waals surface area contributed by atoms with Crippen molar-refractivity contribution in [3.05, 3.63) is 35.9 Å². The molecule has 13 heteroatoms. The molecule has 2 bridgehead atoms. The highest BCUT2D eigenvalue weighted by molar-refractivity contribution is 5.91. The van der Waals surface area contributed by atoms with Gasteiger partial charge < -0.3 is 40.3 Å². The molecular weight excluding hydrogens is 570 g/mol. The summed E-state index contributed by atoms with van der Waals surface area (Å²) in [7, 11) is 3.69. The van der Waals surface area contributed by atoms with Gasteiger partial charge in [-0.15, -0.1) is 0 Å². The lowest BCUT2D eigenvalue weighted by molar-refractivity contribution is -0.928. The quantitative estimate of drug-likeness (QED) is 0.212. The van der Waals surface area contributed by atoms with Gasteiger partial charge in [-0.05, 0) is 24.1 Å². The molecule has 1 saturated heterocycles. The number of likely N-dealkylation sites (N-methyl/N-ethyl adjacent to an activating group) is 2. The Balaban J connectivity index is 1.36. The zero-order valence-electron chi connectivity index (χ0n) is 25.5. The smallest absolute Gasteiger partial charge is 0.415 e. The molecule has 2 aliphatic heterocycles. The van der Waals surface area contributed by atoms with Crippen LogP contribution in [0.5, 0.6) is 11.5 Å². The summed E-state index contributed by atoms with van der Waals surface area (Å²) in [5, 5.41) is 17.3. The Morgan fingerprint density at radius 1 is 1.32 bits per heavy atom. The van der Waals surface area contributed by atoms with E-state index in [2.05, 4.69) is 24.3 Å². The van der Waals surface area contributed by atoms with Gasteiger partial charge in [-0.1, -0.05) is 12.6 Å². The minimum absolute atomic E-state index is 0.0165. The lowest BCUT2D eigenvalue weighted by Gasteiger charge is -2.48. The summed E-state index contributed by atoms with van der Waals surface area (Å²) in [6, 6.07) is 2.58. The predicted octanol–water partition coefficient (Wildman–Crippen LogP) is 0.0574. The van der Waals surface area contributed by atoms with E-state index in [1.165, 1.54) is 18.9 Å². The molecule has 1 saturated carbocycles. The first-order chi connectivity index (χ1) is 20.7. The molecule has 13 nitrogen and oxygen atoms in total. The third kappa shape index (κ3) is 5.21. The number of Topliss-reactive ketones (excluding diaryl/α,β-unsaturated/α-hetero) is 1. The minimum atomic E-state index is -1.15. The highest BCUT2D eigenvalue weighted by Crippen LogP contribution is 2.63. The largest absolute Gasteiger partial charge is 0.477 e. The molecular formula is C31H42N5O8+. The number of ketones is 1. The van der Waals surface area contributed by atoms with Crippen LogP contribution in [0.15, 0.2) is 24.8 Å². The highest BCUT2D eigenvalue weighted by Gasteiger charge is 2.71. The number of nitrogens with zero attached hydrogens (tertiary/aromatic N) is 2. The molecule has 238 valence electrons. The van der Waals surface area contributed by atoms with Crippen LogP contribution in [-0.2, 0) is 31.0 Å². The standard InChI is InChI=1S/C31H41N5O8/c1-5-13-36(4)14-10-31-25-19-6-7-23(26(25)44-27(31)22(38)8-9-30(31,42)17-20(36)15-19)43-29(41)35(3)12-11-33-28(40)21(16-24(32)39)34-18(2)37/h5-7,20-21,27,42H,1,8-17H2,2-4H3,(H3-,32,33,34,37,39,40)/p+1/t20-,21+,27+,30-,31+,36?/m1/s1. The molecule has 44 heavy (non-hydrogen) atoms. The maximum atomic E-state index is 13.4. The average Bonchev–Trinajstić information content (AvgIpc) is 3.22. The zero-order chi connectivity index (χ0) is 32.0. The van der Waals surface area contributed by atoms with Crippen molar-refractivity contribution in [1.29, 1.82) is 0 Å². The first-order valence-electron chi connectivity index (χ1n) is 15.0. The van der Waals surface area contributed by atoms with Crippen LogP contribution in [0.4, 0.5) is 4.79 Å². The monoisotopic (exact) mass is 612 g/mol. The molecule has 6 atom stereocenters. The van der Waals surface area contributed by atoms with Gasteiger partial charge in [-0.25, -0.2) is 4.79 Å². The van der Waals surface area contributed by atoms with E-state index >= 15 is 0 Å². The van der Waals surface area contributed by atoms with E-state index in [-0.39, 0.29) is 43.5 Å². The normalized spacial score (nSPS) is 30.1. The molecule has 5 N–H and O–H groups in total. The second kappa shape index (κ2) is 11.5. The fraction of sp³-hybridized carbons (Fsp3) is 0.581. The number of hydrogen-bond acceptors (Lipinski definition) is 8. The number of rotatable bonds is 10. The molecule has 5 rings (SSSR count). The predicted molar refractivity (Wildman–Crippen MR) is 158 cm³/mol. The number of fused-ring (bicyclic) bond motifs is 1. The van der Waals surface area contributed by atoms with Crippen molar-refractivity contribution in [2.24, 2.45) is 5.73 Å². The van der Waals surface area contributed by atoms with Crippen molar-refractivity contribution in [2.45, 2.75) is 74.7 Å². The fourth-order valence-corrected chi connectivity index (χ4v) is 7.78. The summed E-state index contributed by atoms with van der Waals surface area (Å²) >= 11 is 0. The summed E-state index contributed by atoms with van der Waals surface area (Å²) < 4.78 is 12.9. The van der Waals surface area contributed by atoms with Crippen LogP contribution in [0, 0.1) is 0 Å². The van der Waals surface area contributed by atoms with Crippen LogP contribution in [0.1, 0.15) is 50.2 Å². The Morgan fingerprint density at radius 3 is 2.75 bits per heavy atom. The average molecular weight is 613 g/mol. The second-order valence-corrected chi connectivity index (χ2v) is 12.9. The Labute approximate surface area is 256 Å². The number of carbonyl (C=O) groups is 5. The zero-order valence-corrected chi connectivity index (χ0v) is 25.5. The third-order valence-electron chi connectivity index (χ3n) is 10.1. The van der Waals surface area contributed by atoms with E-state index in [1.807, 2.05) is 12.1 Å². The number of benzene rings is 1. The maximum absolute atomic E-state index is 13.4. The van der Waals surface area contributed by atoms with Crippen molar-refractivity contribution in [1.82, 2.24) is 15.5 Å². The fourth-order valence-electron chi connectivity index (χ4n) is 7.78. The second-order valence-electron chi connectivity index (χ2n) is 12.9. The van der Waals surface area contributed by atoms with Crippen molar-refractivity contribution >= 4 is 29.6 Å². The number of primary amides is 1. The van der Waals surface area contributed by atoms with Gasteiger partial charge in [0.25, 0.3) is 0 Å². The minimum Gasteiger partial charge on any atom is -0.477 e. The van der Waals surface area contributed by atoms with Gasteiger partial charge in [-0.2, -0.15) is 0 Å². The van der Waals surface area contributed by atoms with Crippen LogP contribution in [0.3, 0.4) is 0 Å². The number of carbonyl (C=O) groups excluding carboxylic acids is 5. The van der Waals surface area contributed by atoms with Gasteiger partial charge in [0.2, 0.25) is 17.7 Å². The van der Waals surface area contributed by atoms with E-state index in [0.29, 0.717) is 31.4 Å². The maximum Gasteiger partial charge on any atom is 0.415 e. The van der Waals surface area contributed by atoms with Crippen LogP contribution in [-0.4, -0.2) is 108 Å². The SMILES string of the molecule is C=CC[N+]1(C)CC[C@]23c4c5ccc(OC(=O)N(C)CCNC(=O)[C@H](CC(N)=O)NC(C)=O)c4O[C@H]2C(=O)CC[C@@]3(O)C[C@H]1C5. The van der Waals surface area contributed by atoms with Crippen LogP contribution >= 0.6 is 0 Å². The molecule has 2 heterocycles. The van der Waals surface area contributed by atoms with Crippen LogP contribution < -0.4 is 25.8 Å². The Bertz CT molecular complexity index is 1400. The summed E-state index contributed by atoms with van der Waals surface area (Å²) in [6.45, 7) is 6.76. The van der Waals surface area contributed by atoms with Gasteiger partial charge >= 0.3 is 6.09 Å². The van der Waals surface area contributed by atoms with Crippen LogP contribution in [0.25, 0.3) is 0 Å². The van der Waals surface area contributed by atoms with E-state index in [9.17, 15) is 29.1 Å². The summed E-state index contributed by atoms with van der Waals surface area (Å²) in [5.74, 6) is -1.40. The van der Waals surface area contributed by atoms with Gasteiger partial charge in [0.1, 0.15) is 6.04 Å². The highest BCUT2D eigenvalue weighted by atomic mass is 16.6. The van der Waals surface area contributed by atoms with E-state index in [1.54, 1.807) is 6.07 Å².